The molecular weight excluding hydrogens is 300 g/mol. The fourth-order valence-electron chi connectivity index (χ4n) is 3.11. The van der Waals surface area contributed by atoms with Crippen molar-refractivity contribution in [1.29, 1.82) is 0 Å². The smallest absolute Gasteiger partial charge is 0.251 e. The Balaban J connectivity index is 1.42. The Labute approximate surface area is 140 Å². The van der Waals surface area contributed by atoms with Crippen LogP contribution < -0.4 is 10.1 Å². The van der Waals surface area contributed by atoms with E-state index in [1.54, 1.807) is 6.20 Å². The van der Waals surface area contributed by atoms with Crippen LogP contribution in [0.25, 0.3) is 10.9 Å². The zero-order chi connectivity index (χ0) is 16.4. The number of rotatable bonds is 4. The van der Waals surface area contributed by atoms with E-state index < -0.39 is 0 Å². The molecule has 4 rings (SSSR count). The van der Waals surface area contributed by atoms with Crippen molar-refractivity contribution in [3.8, 4) is 5.75 Å². The second-order valence-electron chi connectivity index (χ2n) is 5.92. The van der Waals surface area contributed by atoms with Crippen molar-refractivity contribution in [2.75, 3.05) is 13.2 Å². The number of carbonyl (C=O) groups is 1. The molecule has 0 fully saturated rings. The number of aromatic nitrogens is 1. The first-order valence-corrected chi connectivity index (χ1v) is 8.18. The van der Waals surface area contributed by atoms with Gasteiger partial charge in [0.1, 0.15) is 5.75 Å². The lowest BCUT2D eigenvalue weighted by molar-refractivity contribution is 0.0954. The molecule has 4 nitrogen and oxygen atoms in total. The molecule has 1 aliphatic heterocycles. The lowest BCUT2D eigenvalue weighted by atomic mass is 10.1. The third-order valence-corrected chi connectivity index (χ3v) is 4.35. The minimum absolute atomic E-state index is 0.0436. The highest BCUT2D eigenvalue weighted by molar-refractivity contribution is 5.94. The van der Waals surface area contributed by atoms with Gasteiger partial charge in [-0.3, -0.25) is 9.78 Å². The van der Waals surface area contributed by atoms with Crippen LogP contribution in [0.3, 0.4) is 0 Å². The molecule has 0 spiro atoms. The Morgan fingerprint density at radius 3 is 3.04 bits per heavy atom. The van der Waals surface area contributed by atoms with Gasteiger partial charge < -0.3 is 10.1 Å². The van der Waals surface area contributed by atoms with Gasteiger partial charge in [-0.05, 0) is 41.8 Å². The summed E-state index contributed by atoms with van der Waals surface area (Å²) >= 11 is 0. The summed E-state index contributed by atoms with van der Waals surface area (Å²) < 4.78 is 5.47. The van der Waals surface area contributed by atoms with Crippen LogP contribution in [-0.2, 0) is 12.8 Å². The van der Waals surface area contributed by atoms with Crippen molar-refractivity contribution in [1.82, 2.24) is 10.3 Å². The highest BCUT2D eigenvalue weighted by atomic mass is 16.5. The summed E-state index contributed by atoms with van der Waals surface area (Å²) in [4.78, 5) is 16.8. The van der Waals surface area contributed by atoms with E-state index in [2.05, 4.69) is 28.5 Å². The fraction of sp³-hybridized carbons (Fsp3) is 0.200. The van der Waals surface area contributed by atoms with E-state index in [-0.39, 0.29) is 5.91 Å². The molecule has 3 aromatic rings. The summed E-state index contributed by atoms with van der Waals surface area (Å²) in [6.45, 7) is 1.29. The number of ether oxygens (including phenoxy) is 1. The molecule has 0 bridgehead atoms. The predicted octanol–water partition coefficient (Wildman–Crippen LogP) is 3.14. The minimum atomic E-state index is -0.0436. The topological polar surface area (TPSA) is 51.2 Å². The van der Waals surface area contributed by atoms with Crippen LogP contribution >= 0.6 is 0 Å². The molecule has 2 heterocycles. The first kappa shape index (κ1) is 14.7. The van der Waals surface area contributed by atoms with E-state index >= 15 is 0 Å². The SMILES string of the molecule is O=C(NCCc1cccc2cccnc12)c1ccc2c(c1)CCO2. The van der Waals surface area contributed by atoms with Crippen molar-refractivity contribution in [3.05, 3.63) is 71.4 Å². The average Bonchev–Trinajstić information content (AvgIpc) is 3.09. The first-order valence-electron chi connectivity index (χ1n) is 8.18. The van der Waals surface area contributed by atoms with E-state index in [1.165, 1.54) is 0 Å². The lowest BCUT2D eigenvalue weighted by Crippen LogP contribution is -2.25. The molecule has 0 atom stereocenters. The lowest BCUT2D eigenvalue weighted by Gasteiger charge is -2.08. The van der Waals surface area contributed by atoms with Crippen LogP contribution in [0.15, 0.2) is 54.7 Å². The van der Waals surface area contributed by atoms with Crippen molar-refractivity contribution in [2.24, 2.45) is 0 Å². The standard InChI is InChI=1S/C20H18N2O2/c23-20(17-6-7-18-16(13-17)9-12-24-18)22-11-8-15-4-1-3-14-5-2-10-21-19(14)15/h1-7,10,13H,8-9,11-12H2,(H,22,23). The Morgan fingerprint density at radius 1 is 1.17 bits per heavy atom. The molecule has 4 heteroatoms. The molecule has 0 unspecified atom stereocenters. The van der Waals surface area contributed by atoms with Gasteiger partial charge in [-0.25, -0.2) is 0 Å². The summed E-state index contributed by atoms with van der Waals surface area (Å²) in [5.41, 5.74) is 3.95. The zero-order valence-corrected chi connectivity index (χ0v) is 13.3. The van der Waals surface area contributed by atoms with Crippen LogP contribution in [0, 0.1) is 0 Å². The van der Waals surface area contributed by atoms with E-state index in [9.17, 15) is 4.79 Å². The number of fused-ring (bicyclic) bond motifs is 2. The van der Waals surface area contributed by atoms with Crippen LogP contribution in [0.4, 0.5) is 0 Å². The Hall–Kier alpha value is -2.88. The highest BCUT2D eigenvalue weighted by Gasteiger charge is 2.14. The molecule has 24 heavy (non-hydrogen) atoms. The maximum absolute atomic E-state index is 12.3. The van der Waals surface area contributed by atoms with Gasteiger partial charge in [-0.15, -0.1) is 0 Å². The Bertz CT molecular complexity index is 900. The van der Waals surface area contributed by atoms with E-state index in [0.717, 1.165) is 40.6 Å². The van der Waals surface area contributed by atoms with Crippen molar-refractivity contribution >= 4 is 16.8 Å². The maximum atomic E-state index is 12.3. The normalized spacial score (nSPS) is 12.7. The number of benzene rings is 2. The Kier molecular flexibility index (Phi) is 3.87. The molecule has 0 saturated heterocycles. The number of carbonyl (C=O) groups excluding carboxylic acids is 1. The third kappa shape index (κ3) is 2.83. The number of hydrogen-bond donors (Lipinski definition) is 1. The van der Waals surface area contributed by atoms with Crippen molar-refractivity contribution in [2.45, 2.75) is 12.8 Å². The van der Waals surface area contributed by atoms with Crippen LogP contribution in [-0.4, -0.2) is 24.0 Å². The van der Waals surface area contributed by atoms with Crippen molar-refractivity contribution < 1.29 is 9.53 Å². The van der Waals surface area contributed by atoms with Crippen LogP contribution in [0.5, 0.6) is 5.75 Å². The molecule has 0 saturated carbocycles. The second kappa shape index (κ2) is 6.32. The van der Waals surface area contributed by atoms with E-state index in [0.29, 0.717) is 18.7 Å². The quantitative estimate of drug-likeness (QED) is 0.804. The summed E-state index contributed by atoms with van der Waals surface area (Å²) in [7, 11) is 0. The third-order valence-electron chi connectivity index (χ3n) is 4.35. The molecule has 120 valence electrons. The minimum Gasteiger partial charge on any atom is -0.493 e. The van der Waals surface area contributed by atoms with Gasteiger partial charge in [0.15, 0.2) is 0 Å². The van der Waals surface area contributed by atoms with E-state index in [4.69, 9.17) is 4.74 Å². The summed E-state index contributed by atoms with van der Waals surface area (Å²) in [6.07, 6.45) is 3.43. The zero-order valence-electron chi connectivity index (χ0n) is 13.3. The average molecular weight is 318 g/mol. The number of amides is 1. The molecular formula is C20H18N2O2. The summed E-state index contributed by atoms with van der Waals surface area (Å²) in [5.74, 6) is 0.853. The van der Waals surface area contributed by atoms with Crippen LogP contribution in [0.1, 0.15) is 21.5 Å². The van der Waals surface area contributed by atoms with Gasteiger partial charge in [0.2, 0.25) is 0 Å². The maximum Gasteiger partial charge on any atom is 0.251 e. The van der Waals surface area contributed by atoms with Crippen molar-refractivity contribution in [3.63, 3.8) is 0 Å². The van der Waals surface area contributed by atoms with Gasteiger partial charge in [0, 0.05) is 30.1 Å². The molecule has 1 aliphatic rings. The molecule has 0 radical (unpaired) electrons. The van der Waals surface area contributed by atoms with Gasteiger partial charge in [-0.1, -0.05) is 24.3 Å². The van der Waals surface area contributed by atoms with Gasteiger partial charge in [0.05, 0.1) is 12.1 Å². The van der Waals surface area contributed by atoms with Gasteiger partial charge >= 0.3 is 0 Å². The second-order valence-corrected chi connectivity index (χ2v) is 5.92. The summed E-state index contributed by atoms with van der Waals surface area (Å²) in [6, 6.07) is 15.8. The van der Waals surface area contributed by atoms with E-state index in [1.807, 2.05) is 30.3 Å². The predicted molar refractivity (Wildman–Crippen MR) is 93.4 cm³/mol. The first-order chi connectivity index (χ1) is 11.8. The van der Waals surface area contributed by atoms with Gasteiger partial charge in [-0.2, -0.15) is 0 Å². The molecule has 0 aliphatic carbocycles. The highest BCUT2D eigenvalue weighted by Crippen LogP contribution is 2.25. The van der Waals surface area contributed by atoms with Crippen LogP contribution in [0.2, 0.25) is 0 Å². The fourth-order valence-corrected chi connectivity index (χ4v) is 3.11. The summed E-state index contributed by atoms with van der Waals surface area (Å²) in [5, 5.41) is 4.12. The van der Waals surface area contributed by atoms with Gasteiger partial charge in [0.25, 0.3) is 5.91 Å². The molecule has 1 amide bonds. The molecule has 2 aromatic carbocycles. The number of nitrogens with zero attached hydrogens (tertiary/aromatic N) is 1. The number of hydrogen-bond acceptors (Lipinski definition) is 3. The monoisotopic (exact) mass is 318 g/mol. The number of pyridine rings is 1. The molecule has 1 N–H and O–H groups in total. The Morgan fingerprint density at radius 2 is 2.08 bits per heavy atom. The molecule has 1 aromatic heterocycles. The largest absolute Gasteiger partial charge is 0.493 e. The number of nitrogens with one attached hydrogen (secondary N) is 1. The number of para-hydroxylation sites is 1.